The highest BCUT2D eigenvalue weighted by atomic mass is 32.2. The van der Waals surface area contributed by atoms with Crippen molar-refractivity contribution in [3.63, 3.8) is 0 Å². The summed E-state index contributed by atoms with van der Waals surface area (Å²) in [5, 5.41) is 3.03. The summed E-state index contributed by atoms with van der Waals surface area (Å²) in [5.74, 6) is 0.560. The molecule has 0 atom stereocenters. The summed E-state index contributed by atoms with van der Waals surface area (Å²) in [7, 11) is 0.183. The third kappa shape index (κ3) is 3.10. The number of benzene rings is 1. The van der Waals surface area contributed by atoms with Gasteiger partial charge in [0.15, 0.2) is 0 Å². The Kier molecular flexibility index (Phi) is 4.04. The number of nitrogens with one attached hydrogen (secondary N) is 1. The molecule has 18 heavy (non-hydrogen) atoms. The Hall–Kier alpha value is -0.910. The van der Waals surface area contributed by atoms with Crippen molar-refractivity contribution in [2.75, 3.05) is 20.6 Å². The van der Waals surface area contributed by atoms with Crippen LogP contribution in [0, 0.1) is 5.92 Å². The molecule has 0 aliphatic heterocycles. The van der Waals surface area contributed by atoms with Gasteiger partial charge in [-0.2, -0.15) is 0 Å². The highest BCUT2D eigenvalue weighted by Gasteiger charge is 2.29. The number of hydrogen-bond donors (Lipinski definition) is 1. The molecule has 1 aliphatic carbocycles. The molecule has 0 saturated heterocycles. The maximum Gasteiger partial charge on any atom is 0.242 e. The first-order valence-electron chi connectivity index (χ1n) is 6.24. The van der Waals surface area contributed by atoms with Crippen LogP contribution < -0.4 is 5.32 Å². The van der Waals surface area contributed by atoms with Gasteiger partial charge in [-0.3, -0.25) is 0 Å². The fourth-order valence-corrected chi connectivity index (χ4v) is 3.28. The van der Waals surface area contributed by atoms with Crippen molar-refractivity contribution in [1.29, 1.82) is 0 Å². The lowest BCUT2D eigenvalue weighted by atomic mass is 10.2. The zero-order valence-electron chi connectivity index (χ0n) is 10.9. The third-order valence-electron chi connectivity index (χ3n) is 3.20. The minimum absolute atomic E-state index is 0.387. The van der Waals surface area contributed by atoms with Crippen molar-refractivity contribution in [3.8, 4) is 0 Å². The van der Waals surface area contributed by atoms with Crippen LogP contribution in [0.1, 0.15) is 18.4 Å². The van der Waals surface area contributed by atoms with E-state index in [0.717, 1.165) is 18.4 Å². The van der Waals surface area contributed by atoms with Gasteiger partial charge in [0.05, 0.1) is 4.90 Å². The van der Waals surface area contributed by atoms with E-state index in [2.05, 4.69) is 5.32 Å². The molecule has 0 aromatic heterocycles. The summed E-state index contributed by atoms with van der Waals surface area (Å²) < 4.78 is 26.2. The van der Waals surface area contributed by atoms with E-state index in [0.29, 0.717) is 23.9 Å². The second-order valence-electron chi connectivity index (χ2n) is 4.91. The number of rotatable bonds is 6. The lowest BCUT2D eigenvalue weighted by Crippen LogP contribution is -2.29. The van der Waals surface area contributed by atoms with E-state index in [1.165, 1.54) is 4.31 Å². The number of sulfonamides is 1. The van der Waals surface area contributed by atoms with Gasteiger partial charge in [0.2, 0.25) is 10.0 Å². The van der Waals surface area contributed by atoms with Crippen molar-refractivity contribution in [3.05, 3.63) is 29.8 Å². The summed E-state index contributed by atoms with van der Waals surface area (Å²) in [6.45, 7) is 1.31. The highest BCUT2D eigenvalue weighted by Crippen LogP contribution is 2.31. The molecule has 1 N–H and O–H groups in total. The van der Waals surface area contributed by atoms with Gasteiger partial charge in [0.25, 0.3) is 0 Å². The lowest BCUT2D eigenvalue weighted by molar-refractivity contribution is 0.453. The van der Waals surface area contributed by atoms with Gasteiger partial charge in [-0.1, -0.05) is 12.1 Å². The quantitative estimate of drug-likeness (QED) is 0.849. The molecule has 0 spiro atoms. The Morgan fingerprint density at radius 3 is 2.72 bits per heavy atom. The minimum Gasteiger partial charge on any atom is -0.316 e. The van der Waals surface area contributed by atoms with Crippen molar-refractivity contribution in [1.82, 2.24) is 9.62 Å². The van der Waals surface area contributed by atoms with Gasteiger partial charge in [-0.05, 0) is 43.5 Å². The second-order valence-corrected chi connectivity index (χ2v) is 6.95. The summed E-state index contributed by atoms with van der Waals surface area (Å²) in [5.41, 5.74) is 0.985. The van der Waals surface area contributed by atoms with Gasteiger partial charge < -0.3 is 5.32 Å². The van der Waals surface area contributed by atoms with E-state index >= 15 is 0 Å². The van der Waals surface area contributed by atoms with Crippen LogP contribution >= 0.6 is 0 Å². The van der Waals surface area contributed by atoms with Crippen LogP contribution in [0.5, 0.6) is 0 Å². The van der Waals surface area contributed by atoms with E-state index in [1.807, 2.05) is 13.1 Å². The summed E-state index contributed by atoms with van der Waals surface area (Å²) in [6.07, 6.45) is 2.30. The van der Waals surface area contributed by atoms with Crippen LogP contribution in [0.3, 0.4) is 0 Å². The normalized spacial score (nSPS) is 16.2. The first kappa shape index (κ1) is 13.5. The van der Waals surface area contributed by atoms with Gasteiger partial charge in [-0.15, -0.1) is 0 Å². The smallest absolute Gasteiger partial charge is 0.242 e. The molecule has 1 fully saturated rings. The first-order chi connectivity index (χ1) is 8.54. The fourth-order valence-electron chi connectivity index (χ4n) is 1.96. The van der Waals surface area contributed by atoms with Gasteiger partial charge >= 0.3 is 0 Å². The predicted octanol–water partition coefficient (Wildman–Crippen LogP) is 1.44. The number of hydrogen-bond acceptors (Lipinski definition) is 3. The van der Waals surface area contributed by atoms with E-state index in [9.17, 15) is 8.42 Å². The van der Waals surface area contributed by atoms with Crippen LogP contribution in [-0.4, -0.2) is 33.4 Å². The van der Waals surface area contributed by atoms with E-state index < -0.39 is 10.0 Å². The van der Waals surface area contributed by atoms with Gasteiger partial charge in [0.1, 0.15) is 0 Å². The Balaban J connectivity index is 2.19. The lowest BCUT2D eigenvalue weighted by Gasteiger charge is -2.17. The molecule has 5 heteroatoms. The molecule has 1 saturated carbocycles. The van der Waals surface area contributed by atoms with Crippen LogP contribution in [0.25, 0.3) is 0 Å². The molecule has 100 valence electrons. The molecule has 0 radical (unpaired) electrons. The molecular formula is C13H20N2O2S. The monoisotopic (exact) mass is 268 g/mol. The van der Waals surface area contributed by atoms with Crippen molar-refractivity contribution in [2.45, 2.75) is 24.3 Å². The van der Waals surface area contributed by atoms with Gasteiger partial charge in [0, 0.05) is 20.1 Å². The zero-order valence-corrected chi connectivity index (χ0v) is 11.7. The molecule has 1 aromatic carbocycles. The topological polar surface area (TPSA) is 49.4 Å². The minimum atomic E-state index is -3.33. The van der Waals surface area contributed by atoms with E-state index in [-0.39, 0.29) is 0 Å². The predicted molar refractivity (Wildman–Crippen MR) is 71.7 cm³/mol. The Morgan fingerprint density at radius 2 is 2.11 bits per heavy atom. The molecule has 0 heterocycles. The fraction of sp³-hybridized carbons (Fsp3) is 0.538. The standard InChI is InChI=1S/C13H20N2O2S/c1-14-9-12-4-3-5-13(8-12)18(16,17)15(2)10-11-6-7-11/h3-5,8,11,14H,6-7,9-10H2,1-2H3. The summed E-state index contributed by atoms with van der Waals surface area (Å²) in [6, 6.07) is 7.13. The molecule has 4 nitrogen and oxygen atoms in total. The average Bonchev–Trinajstić information content (AvgIpc) is 3.14. The molecule has 0 bridgehead atoms. The molecule has 0 amide bonds. The Morgan fingerprint density at radius 1 is 1.39 bits per heavy atom. The maximum atomic E-state index is 12.4. The number of nitrogens with zero attached hydrogens (tertiary/aromatic N) is 1. The van der Waals surface area contributed by atoms with Gasteiger partial charge in [-0.25, -0.2) is 12.7 Å². The Labute approximate surface area is 109 Å². The summed E-state index contributed by atoms with van der Waals surface area (Å²) in [4.78, 5) is 0.387. The zero-order chi connectivity index (χ0) is 13.2. The molecule has 2 rings (SSSR count). The molecular weight excluding hydrogens is 248 g/mol. The maximum absolute atomic E-state index is 12.4. The molecule has 1 aliphatic rings. The van der Waals surface area contributed by atoms with Crippen LogP contribution in [0.15, 0.2) is 29.2 Å². The van der Waals surface area contributed by atoms with E-state index in [1.54, 1.807) is 25.2 Å². The Bertz CT molecular complexity index is 509. The van der Waals surface area contributed by atoms with Crippen LogP contribution in [0.4, 0.5) is 0 Å². The molecule has 0 unspecified atom stereocenters. The van der Waals surface area contributed by atoms with E-state index in [4.69, 9.17) is 0 Å². The van der Waals surface area contributed by atoms with Crippen molar-refractivity contribution < 1.29 is 8.42 Å². The first-order valence-corrected chi connectivity index (χ1v) is 7.68. The average molecular weight is 268 g/mol. The van der Waals surface area contributed by atoms with Crippen molar-refractivity contribution >= 4 is 10.0 Å². The second kappa shape index (κ2) is 5.38. The van der Waals surface area contributed by atoms with Crippen molar-refractivity contribution in [2.24, 2.45) is 5.92 Å². The highest BCUT2D eigenvalue weighted by molar-refractivity contribution is 7.89. The SMILES string of the molecule is CNCc1cccc(S(=O)(=O)N(C)CC2CC2)c1. The van der Waals surface area contributed by atoms with Crippen LogP contribution in [0.2, 0.25) is 0 Å². The molecule has 1 aromatic rings. The largest absolute Gasteiger partial charge is 0.316 e. The summed E-state index contributed by atoms with van der Waals surface area (Å²) >= 11 is 0. The third-order valence-corrected chi connectivity index (χ3v) is 5.02. The van der Waals surface area contributed by atoms with Crippen LogP contribution in [-0.2, 0) is 16.6 Å².